The molecular formula is C16H34O4S. The first kappa shape index (κ1) is 20.9. The maximum absolute atomic E-state index is 10.9. The number of unbranched alkanes of at least 4 members (excludes halogenated alkanes) is 7. The first-order valence-corrected chi connectivity index (χ1v) is 9.56. The van der Waals surface area contributed by atoms with Gasteiger partial charge in [-0.1, -0.05) is 72.1 Å². The van der Waals surface area contributed by atoms with Crippen LogP contribution in [0.2, 0.25) is 0 Å². The average Bonchev–Trinajstić information content (AvgIpc) is 2.29. The smallest absolute Gasteiger partial charge is 0.264 e. The summed E-state index contributed by atoms with van der Waals surface area (Å²) in [6.07, 6.45) is 10.9. The van der Waals surface area contributed by atoms with Crippen molar-refractivity contribution in [3.05, 3.63) is 0 Å². The Morgan fingerprint density at radius 2 is 1.29 bits per heavy atom. The fourth-order valence-corrected chi connectivity index (χ4v) is 3.13. The molecule has 0 saturated carbocycles. The van der Waals surface area contributed by atoms with E-state index in [2.05, 4.69) is 6.92 Å². The monoisotopic (exact) mass is 322 g/mol. The summed E-state index contributed by atoms with van der Waals surface area (Å²) in [4.78, 5) is 0. The Morgan fingerprint density at radius 1 is 0.857 bits per heavy atom. The molecule has 0 fully saturated rings. The zero-order valence-electron chi connectivity index (χ0n) is 14.4. The molecule has 0 heterocycles. The van der Waals surface area contributed by atoms with Crippen molar-refractivity contribution in [1.29, 1.82) is 0 Å². The largest absolute Gasteiger partial charge is 0.397 e. The summed E-state index contributed by atoms with van der Waals surface area (Å²) >= 11 is 0. The summed E-state index contributed by atoms with van der Waals surface area (Å²) in [6.45, 7) is 9.62. The molecule has 5 heteroatoms. The molecule has 0 unspecified atom stereocenters. The Balaban J connectivity index is 4.02. The predicted octanol–water partition coefficient (Wildman–Crippen LogP) is 5.14. The lowest BCUT2D eigenvalue weighted by Gasteiger charge is -2.40. The SMILES string of the molecule is CCCCCCCCCCC(C)(C)C(C)(C)OS(=O)(=O)O. The van der Waals surface area contributed by atoms with Crippen LogP contribution in [0.15, 0.2) is 0 Å². The van der Waals surface area contributed by atoms with Crippen LogP contribution in [0.5, 0.6) is 0 Å². The molecule has 1 N–H and O–H groups in total. The van der Waals surface area contributed by atoms with Gasteiger partial charge in [0.2, 0.25) is 0 Å². The van der Waals surface area contributed by atoms with Gasteiger partial charge in [0.1, 0.15) is 0 Å². The first-order valence-electron chi connectivity index (χ1n) is 8.20. The third-order valence-electron chi connectivity index (χ3n) is 4.60. The van der Waals surface area contributed by atoms with Crippen LogP contribution < -0.4 is 0 Å². The lowest BCUT2D eigenvalue weighted by Crippen LogP contribution is -2.43. The Hall–Kier alpha value is -0.130. The summed E-state index contributed by atoms with van der Waals surface area (Å²) < 4.78 is 35.6. The standard InChI is InChI=1S/C16H34O4S/c1-6-7-8-9-10-11-12-13-14-15(2,3)16(4,5)20-21(17,18)19/h6-14H2,1-5H3,(H,17,18,19). The van der Waals surface area contributed by atoms with Crippen LogP contribution in [0.25, 0.3) is 0 Å². The molecule has 128 valence electrons. The highest BCUT2D eigenvalue weighted by Gasteiger charge is 2.40. The van der Waals surface area contributed by atoms with Crippen LogP contribution in [0, 0.1) is 5.41 Å². The van der Waals surface area contributed by atoms with Gasteiger partial charge < -0.3 is 0 Å². The molecule has 0 aliphatic heterocycles. The van der Waals surface area contributed by atoms with Crippen molar-refractivity contribution in [1.82, 2.24) is 0 Å². The van der Waals surface area contributed by atoms with Gasteiger partial charge in [0.05, 0.1) is 5.60 Å². The Morgan fingerprint density at radius 3 is 1.71 bits per heavy atom. The van der Waals surface area contributed by atoms with E-state index < -0.39 is 16.0 Å². The predicted molar refractivity (Wildman–Crippen MR) is 87.7 cm³/mol. The van der Waals surface area contributed by atoms with Crippen molar-refractivity contribution in [2.24, 2.45) is 5.41 Å². The summed E-state index contributed by atoms with van der Waals surface area (Å²) in [5.74, 6) is 0. The van der Waals surface area contributed by atoms with Crippen LogP contribution >= 0.6 is 0 Å². The van der Waals surface area contributed by atoms with E-state index >= 15 is 0 Å². The Labute approximate surface area is 131 Å². The summed E-state index contributed by atoms with van der Waals surface area (Å²) in [5.41, 5.74) is -1.23. The molecule has 0 rings (SSSR count). The molecule has 0 aromatic heterocycles. The molecule has 0 spiro atoms. The van der Waals surface area contributed by atoms with Crippen LogP contribution in [0.4, 0.5) is 0 Å². The highest BCUT2D eigenvalue weighted by Crippen LogP contribution is 2.39. The van der Waals surface area contributed by atoms with Gasteiger partial charge in [-0.15, -0.1) is 0 Å². The maximum atomic E-state index is 10.9. The highest BCUT2D eigenvalue weighted by molar-refractivity contribution is 7.80. The highest BCUT2D eigenvalue weighted by atomic mass is 32.3. The van der Waals surface area contributed by atoms with E-state index in [0.29, 0.717) is 0 Å². The molecule has 4 nitrogen and oxygen atoms in total. The van der Waals surface area contributed by atoms with E-state index in [1.165, 1.54) is 38.5 Å². The molecule has 21 heavy (non-hydrogen) atoms. The molecule has 0 atom stereocenters. The van der Waals surface area contributed by atoms with E-state index in [1.54, 1.807) is 13.8 Å². The summed E-state index contributed by atoms with van der Waals surface area (Å²) in [6, 6.07) is 0. The van der Waals surface area contributed by atoms with Gasteiger partial charge in [-0.05, 0) is 25.7 Å². The molecule has 0 amide bonds. The van der Waals surface area contributed by atoms with E-state index in [0.717, 1.165) is 19.3 Å². The molecule has 0 aromatic rings. The van der Waals surface area contributed by atoms with Gasteiger partial charge in [-0.3, -0.25) is 4.55 Å². The Kier molecular flexibility index (Phi) is 9.05. The molecule has 0 radical (unpaired) electrons. The van der Waals surface area contributed by atoms with Crippen molar-refractivity contribution in [3.63, 3.8) is 0 Å². The van der Waals surface area contributed by atoms with Crippen molar-refractivity contribution in [3.8, 4) is 0 Å². The van der Waals surface area contributed by atoms with E-state index in [1.807, 2.05) is 13.8 Å². The minimum absolute atomic E-state index is 0.314. The van der Waals surface area contributed by atoms with Crippen molar-refractivity contribution in [2.45, 2.75) is 98.0 Å². The van der Waals surface area contributed by atoms with Crippen LogP contribution in [-0.4, -0.2) is 18.6 Å². The third-order valence-corrected chi connectivity index (χ3v) is 5.23. The van der Waals surface area contributed by atoms with Gasteiger partial charge in [0.25, 0.3) is 0 Å². The van der Waals surface area contributed by atoms with Crippen molar-refractivity contribution in [2.75, 3.05) is 0 Å². The number of hydrogen-bond donors (Lipinski definition) is 1. The van der Waals surface area contributed by atoms with E-state index in [-0.39, 0.29) is 5.41 Å². The van der Waals surface area contributed by atoms with Gasteiger partial charge in [-0.25, -0.2) is 4.18 Å². The molecule has 0 aromatic carbocycles. The van der Waals surface area contributed by atoms with Gasteiger partial charge in [0.15, 0.2) is 0 Å². The first-order chi connectivity index (χ1) is 9.52. The second-order valence-electron chi connectivity index (χ2n) is 7.13. The van der Waals surface area contributed by atoms with Crippen molar-refractivity contribution >= 4 is 10.4 Å². The second-order valence-corrected chi connectivity index (χ2v) is 8.15. The lowest BCUT2D eigenvalue weighted by atomic mass is 9.73. The minimum Gasteiger partial charge on any atom is -0.264 e. The zero-order valence-corrected chi connectivity index (χ0v) is 15.3. The number of rotatable bonds is 12. The van der Waals surface area contributed by atoms with Crippen molar-refractivity contribution < 1.29 is 17.2 Å². The maximum Gasteiger partial charge on any atom is 0.397 e. The molecule has 0 saturated heterocycles. The normalized spacial score (nSPS) is 13.6. The van der Waals surface area contributed by atoms with Crippen LogP contribution in [0.3, 0.4) is 0 Å². The number of hydrogen-bond acceptors (Lipinski definition) is 3. The lowest BCUT2D eigenvalue weighted by molar-refractivity contribution is -0.0199. The van der Waals surface area contributed by atoms with Crippen LogP contribution in [-0.2, 0) is 14.6 Å². The average molecular weight is 323 g/mol. The minimum atomic E-state index is -4.41. The van der Waals surface area contributed by atoms with Crippen LogP contribution in [0.1, 0.15) is 92.4 Å². The van der Waals surface area contributed by atoms with Gasteiger partial charge in [0, 0.05) is 0 Å². The summed E-state index contributed by atoms with van der Waals surface area (Å²) in [5, 5.41) is 0. The van der Waals surface area contributed by atoms with Gasteiger partial charge in [-0.2, -0.15) is 8.42 Å². The zero-order chi connectivity index (χ0) is 16.6. The van der Waals surface area contributed by atoms with E-state index in [4.69, 9.17) is 8.74 Å². The Bertz CT molecular complexity index is 372. The third kappa shape index (κ3) is 9.48. The molecule has 0 aliphatic carbocycles. The molecular weight excluding hydrogens is 288 g/mol. The summed E-state index contributed by atoms with van der Waals surface area (Å²) in [7, 11) is -4.41. The second kappa shape index (κ2) is 9.11. The topological polar surface area (TPSA) is 63.6 Å². The molecule has 0 bridgehead atoms. The van der Waals surface area contributed by atoms with E-state index in [9.17, 15) is 8.42 Å². The fraction of sp³-hybridized carbons (Fsp3) is 1.00. The molecule has 0 aliphatic rings. The fourth-order valence-electron chi connectivity index (χ4n) is 2.38. The quantitative estimate of drug-likeness (QED) is 0.399. The van der Waals surface area contributed by atoms with Gasteiger partial charge >= 0.3 is 10.4 Å².